The Morgan fingerprint density at radius 1 is 1.03 bits per heavy atom. The first-order chi connectivity index (χ1) is 18.6. The standard InChI is InChI=1S/C28H32N4O4S2/c1-34-13-12-29-11-9-25(33)32-28-26(19-8-10-30-16-24(19)38-28)27-31-20-14-17(5-7-23(20)37-27)18-4-6-21(35-2)22(15-18)36-3/h4-7,14-15,29-30H,8-13,16H2,1-3H3,(H,32,33). The van der Waals surface area contributed by atoms with Crippen LogP contribution in [0.15, 0.2) is 36.4 Å². The third kappa shape index (κ3) is 5.69. The van der Waals surface area contributed by atoms with E-state index in [-0.39, 0.29) is 5.91 Å². The number of carbonyl (C=O) groups is 1. The van der Waals surface area contributed by atoms with Gasteiger partial charge in [-0.2, -0.15) is 0 Å². The fourth-order valence-corrected chi connectivity index (χ4v) is 6.89. The van der Waals surface area contributed by atoms with Crippen molar-refractivity contribution >= 4 is 43.8 Å². The van der Waals surface area contributed by atoms with Gasteiger partial charge in [0.15, 0.2) is 11.5 Å². The molecule has 0 fully saturated rings. The minimum atomic E-state index is -0.000395. The number of thiophene rings is 1. The number of nitrogens with one attached hydrogen (secondary N) is 3. The van der Waals surface area contributed by atoms with Gasteiger partial charge >= 0.3 is 0 Å². The molecule has 2 aromatic carbocycles. The van der Waals surface area contributed by atoms with Crippen molar-refractivity contribution in [3.63, 3.8) is 0 Å². The van der Waals surface area contributed by atoms with E-state index in [0.717, 1.165) is 63.0 Å². The molecule has 0 unspecified atom stereocenters. The average Bonchev–Trinajstić information content (AvgIpc) is 3.52. The highest BCUT2D eigenvalue weighted by molar-refractivity contribution is 7.23. The molecule has 5 rings (SSSR count). The summed E-state index contributed by atoms with van der Waals surface area (Å²) in [7, 11) is 4.95. The fraction of sp³-hybridized carbons (Fsp3) is 0.357. The van der Waals surface area contributed by atoms with Crippen LogP contribution < -0.4 is 25.4 Å². The molecular weight excluding hydrogens is 520 g/mol. The second-order valence-electron chi connectivity index (χ2n) is 8.95. The molecule has 0 saturated carbocycles. The Kier molecular flexibility index (Phi) is 8.55. The first kappa shape index (κ1) is 26.6. The van der Waals surface area contributed by atoms with Crippen LogP contribution in [0.1, 0.15) is 16.9 Å². The Morgan fingerprint density at radius 2 is 1.84 bits per heavy atom. The average molecular weight is 553 g/mol. The van der Waals surface area contributed by atoms with Gasteiger partial charge in [-0.05, 0) is 53.9 Å². The zero-order chi connectivity index (χ0) is 26.5. The predicted molar refractivity (Wildman–Crippen MR) is 155 cm³/mol. The van der Waals surface area contributed by atoms with Gasteiger partial charge in [0.1, 0.15) is 10.0 Å². The summed E-state index contributed by atoms with van der Waals surface area (Å²) in [5, 5.41) is 11.7. The highest BCUT2D eigenvalue weighted by atomic mass is 32.1. The molecule has 200 valence electrons. The molecule has 1 amide bonds. The maximum Gasteiger partial charge on any atom is 0.226 e. The highest BCUT2D eigenvalue weighted by Gasteiger charge is 2.25. The number of amides is 1. The van der Waals surface area contributed by atoms with E-state index < -0.39 is 0 Å². The topological polar surface area (TPSA) is 93.7 Å². The summed E-state index contributed by atoms with van der Waals surface area (Å²) < 4.78 is 17.0. The molecule has 0 aliphatic carbocycles. The molecule has 0 spiro atoms. The van der Waals surface area contributed by atoms with Gasteiger partial charge in [0.25, 0.3) is 0 Å². The molecule has 4 aromatic rings. The fourth-order valence-electron chi connectivity index (χ4n) is 4.57. The van der Waals surface area contributed by atoms with E-state index in [1.807, 2.05) is 18.2 Å². The molecule has 1 aliphatic heterocycles. The molecule has 8 nitrogen and oxygen atoms in total. The quantitative estimate of drug-likeness (QED) is 0.228. The van der Waals surface area contributed by atoms with Crippen molar-refractivity contribution in [2.75, 3.05) is 52.9 Å². The van der Waals surface area contributed by atoms with Crippen LogP contribution in [0.3, 0.4) is 0 Å². The van der Waals surface area contributed by atoms with E-state index in [0.29, 0.717) is 31.1 Å². The van der Waals surface area contributed by atoms with Crippen LogP contribution in [0.2, 0.25) is 0 Å². The van der Waals surface area contributed by atoms with Crippen LogP contribution in [0.25, 0.3) is 31.9 Å². The Bertz CT molecular complexity index is 1430. The molecular formula is C28H32N4O4S2. The number of anilines is 1. The lowest BCUT2D eigenvalue weighted by molar-refractivity contribution is -0.116. The van der Waals surface area contributed by atoms with Crippen LogP contribution in [0, 0.1) is 0 Å². The first-order valence-electron chi connectivity index (χ1n) is 12.6. The predicted octanol–water partition coefficient (Wildman–Crippen LogP) is 4.92. The molecule has 2 aromatic heterocycles. The SMILES string of the molecule is COCCNCCC(=O)Nc1sc2c(c1-c1nc3cc(-c4ccc(OC)c(OC)c4)ccc3s1)CCNC2. The molecule has 10 heteroatoms. The summed E-state index contributed by atoms with van der Waals surface area (Å²) in [5.74, 6) is 1.39. The van der Waals surface area contributed by atoms with E-state index in [4.69, 9.17) is 19.2 Å². The van der Waals surface area contributed by atoms with Gasteiger partial charge in [-0.1, -0.05) is 12.1 Å². The smallest absolute Gasteiger partial charge is 0.226 e. The zero-order valence-corrected chi connectivity index (χ0v) is 23.4. The molecule has 38 heavy (non-hydrogen) atoms. The highest BCUT2D eigenvalue weighted by Crippen LogP contribution is 2.45. The zero-order valence-electron chi connectivity index (χ0n) is 21.8. The number of carbonyl (C=O) groups excluding carboxylic acids is 1. The second kappa shape index (κ2) is 12.2. The summed E-state index contributed by atoms with van der Waals surface area (Å²) in [6, 6.07) is 12.3. The Balaban J connectivity index is 1.44. The number of rotatable bonds is 11. The van der Waals surface area contributed by atoms with Crippen molar-refractivity contribution in [1.82, 2.24) is 15.6 Å². The minimum Gasteiger partial charge on any atom is -0.493 e. The Morgan fingerprint density at radius 3 is 2.66 bits per heavy atom. The molecule has 0 bridgehead atoms. The van der Waals surface area contributed by atoms with Crippen molar-refractivity contribution in [3.05, 3.63) is 46.8 Å². The summed E-state index contributed by atoms with van der Waals surface area (Å²) in [4.78, 5) is 19.1. The molecule has 1 aliphatic rings. The van der Waals surface area contributed by atoms with Crippen LogP contribution in [0.4, 0.5) is 5.00 Å². The van der Waals surface area contributed by atoms with Gasteiger partial charge < -0.3 is 30.2 Å². The number of benzene rings is 2. The van der Waals surface area contributed by atoms with Gasteiger partial charge in [-0.15, -0.1) is 22.7 Å². The lowest BCUT2D eigenvalue weighted by atomic mass is 10.0. The third-order valence-corrected chi connectivity index (χ3v) is 8.71. The third-order valence-electron chi connectivity index (χ3n) is 6.51. The number of nitrogens with zero attached hydrogens (tertiary/aromatic N) is 1. The Labute approximate surface area is 230 Å². The van der Waals surface area contributed by atoms with Crippen molar-refractivity contribution in [2.24, 2.45) is 0 Å². The molecule has 3 N–H and O–H groups in total. The maximum atomic E-state index is 12.8. The second-order valence-corrected chi connectivity index (χ2v) is 11.1. The molecule has 0 saturated heterocycles. The monoisotopic (exact) mass is 552 g/mol. The first-order valence-corrected chi connectivity index (χ1v) is 14.2. The van der Waals surface area contributed by atoms with Crippen molar-refractivity contribution in [1.29, 1.82) is 0 Å². The summed E-state index contributed by atoms with van der Waals surface area (Å²) in [6.45, 7) is 3.70. The number of thiazole rings is 1. The van der Waals surface area contributed by atoms with Crippen molar-refractivity contribution in [2.45, 2.75) is 19.4 Å². The van der Waals surface area contributed by atoms with Gasteiger partial charge in [-0.3, -0.25) is 4.79 Å². The van der Waals surface area contributed by atoms with Crippen molar-refractivity contribution in [3.8, 4) is 33.2 Å². The summed E-state index contributed by atoms with van der Waals surface area (Å²) in [5.41, 5.74) is 5.39. The van der Waals surface area contributed by atoms with Gasteiger partial charge in [0, 0.05) is 43.6 Å². The van der Waals surface area contributed by atoms with Crippen LogP contribution in [-0.2, 0) is 22.5 Å². The lowest BCUT2D eigenvalue weighted by Crippen LogP contribution is -2.24. The van der Waals surface area contributed by atoms with E-state index in [1.165, 1.54) is 10.4 Å². The summed E-state index contributed by atoms with van der Waals surface area (Å²) in [6.07, 6.45) is 1.32. The van der Waals surface area contributed by atoms with Gasteiger partial charge in [0.05, 0.1) is 31.0 Å². The number of ether oxygens (including phenoxy) is 3. The van der Waals surface area contributed by atoms with E-state index in [2.05, 4.69) is 34.1 Å². The van der Waals surface area contributed by atoms with E-state index >= 15 is 0 Å². The maximum absolute atomic E-state index is 12.8. The normalized spacial score (nSPS) is 12.9. The Hall–Kier alpha value is -3.02. The summed E-state index contributed by atoms with van der Waals surface area (Å²) >= 11 is 3.32. The number of methoxy groups -OCH3 is 3. The van der Waals surface area contributed by atoms with E-state index in [1.54, 1.807) is 44.0 Å². The van der Waals surface area contributed by atoms with Crippen molar-refractivity contribution < 1.29 is 19.0 Å². The number of hydrogen-bond acceptors (Lipinski definition) is 9. The van der Waals surface area contributed by atoms with Crippen LogP contribution >= 0.6 is 22.7 Å². The van der Waals surface area contributed by atoms with Gasteiger partial charge in [-0.25, -0.2) is 4.98 Å². The molecule has 0 radical (unpaired) electrons. The largest absolute Gasteiger partial charge is 0.493 e. The van der Waals surface area contributed by atoms with E-state index in [9.17, 15) is 4.79 Å². The molecule has 0 atom stereocenters. The number of hydrogen-bond donors (Lipinski definition) is 3. The number of aromatic nitrogens is 1. The number of fused-ring (bicyclic) bond motifs is 2. The minimum absolute atomic E-state index is 0.000395. The molecule has 3 heterocycles. The van der Waals surface area contributed by atoms with Gasteiger partial charge in [0.2, 0.25) is 5.91 Å². The lowest BCUT2D eigenvalue weighted by Gasteiger charge is -2.13. The van der Waals surface area contributed by atoms with Crippen LogP contribution in [-0.4, -0.2) is 58.5 Å². The van der Waals surface area contributed by atoms with Crippen LogP contribution in [0.5, 0.6) is 11.5 Å².